The van der Waals surface area contributed by atoms with Gasteiger partial charge in [0.05, 0.1) is 24.7 Å². The maximum absolute atomic E-state index is 13.9. The fraction of sp³-hybridized carbons (Fsp3) is 0.517. The summed E-state index contributed by atoms with van der Waals surface area (Å²) in [6, 6.07) is 5.02. The van der Waals surface area contributed by atoms with Crippen LogP contribution < -0.4 is 29.0 Å². The lowest BCUT2D eigenvalue weighted by Crippen LogP contribution is -2.51. The average Bonchev–Trinajstić information content (AvgIpc) is 3.62. The Morgan fingerprint density at radius 2 is 1.69 bits per heavy atom. The third-order valence-electron chi connectivity index (χ3n) is 8.59. The summed E-state index contributed by atoms with van der Waals surface area (Å²) in [7, 11) is 0. The normalized spacial score (nSPS) is 24.9. The third kappa shape index (κ3) is 5.65. The Hall–Kier alpha value is -4.05. The van der Waals surface area contributed by atoms with E-state index in [2.05, 4.69) is 19.5 Å². The molecule has 4 aliphatic rings. The van der Waals surface area contributed by atoms with E-state index < -0.39 is 53.2 Å². The SMILES string of the molecule is C[C@]1(C(=O)N[C@@H]2C[C@H](C3(C(=O)N(CCO)CCO)CC3)Oc3cc(OC(F)(F)F)ccc32)COc2cc3c(cc21)OC(F)(F)O3. The van der Waals surface area contributed by atoms with Gasteiger partial charge in [-0.3, -0.25) is 9.59 Å². The molecule has 1 saturated carbocycles. The van der Waals surface area contributed by atoms with Crippen LogP contribution in [0.3, 0.4) is 0 Å². The molecular formula is C29H29F5N2O9. The highest BCUT2D eigenvalue weighted by Crippen LogP contribution is 2.56. The minimum absolute atomic E-state index is 0.0351. The first-order valence-corrected chi connectivity index (χ1v) is 14.1. The number of hydrogen-bond acceptors (Lipinski definition) is 9. The predicted molar refractivity (Wildman–Crippen MR) is 141 cm³/mol. The molecule has 244 valence electrons. The largest absolute Gasteiger partial charge is 0.586 e. The van der Waals surface area contributed by atoms with E-state index in [0.717, 1.165) is 12.1 Å². The first-order chi connectivity index (χ1) is 21.2. The van der Waals surface area contributed by atoms with Crippen LogP contribution in [0.2, 0.25) is 0 Å². The summed E-state index contributed by atoms with van der Waals surface area (Å²) in [5.74, 6) is -1.97. The molecule has 2 aromatic rings. The summed E-state index contributed by atoms with van der Waals surface area (Å²) in [4.78, 5) is 28.8. The quantitative estimate of drug-likeness (QED) is 0.352. The molecule has 0 bridgehead atoms. The van der Waals surface area contributed by atoms with Gasteiger partial charge < -0.3 is 44.1 Å². The monoisotopic (exact) mass is 644 g/mol. The van der Waals surface area contributed by atoms with Crippen LogP contribution in [0.5, 0.6) is 28.7 Å². The fourth-order valence-corrected chi connectivity index (χ4v) is 6.13. The number of aliphatic hydroxyl groups is 2. The van der Waals surface area contributed by atoms with Crippen molar-refractivity contribution >= 4 is 11.8 Å². The van der Waals surface area contributed by atoms with E-state index in [4.69, 9.17) is 9.47 Å². The van der Waals surface area contributed by atoms with Gasteiger partial charge in [0.25, 0.3) is 0 Å². The Morgan fingerprint density at radius 3 is 2.31 bits per heavy atom. The van der Waals surface area contributed by atoms with Crippen molar-refractivity contribution in [2.75, 3.05) is 32.9 Å². The molecule has 0 saturated heterocycles. The van der Waals surface area contributed by atoms with Gasteiger partial charge >= 0.3 is 12.7 Å². The minimum Gasteiger partial charge on any atom is -0.492 e. The Balaban J connectivity index is 1.31. The van der Waals surface area contributed by atoms with Gasteiger partial charge in [-0.25, -0.2) is 0 Å². The van der Waals surface area contributed by atoms with Crippen LogP contribution >= 0.6 is 0 Å². The van der Waals surface area contributed by atoms with Gasteiger partial charge in [0.15, 0.2) is 11.5 Å². The second-order valence-electron chi connectivity index (χ2n) is 11.6. The molecule has 0 radical (unpaired) electrons. The maximum Gasteiger partial charge on any atom is 0.586 e. The van der Waals surface area contributed by atoms with Crippen molar-refractivity contribution in [2.24, 2.45) is 5.41 Å². The molecule has 1 aliphatic carbocycles. The minimum atomic E-state index is -4.98. The molecular weight excluding hydrogens is 615 g/mol. The summed E-state index contributed by atoms with van der Waals surface area (Å²) in [6.07, 6.45) is -8.98. The van der Waals surface area contributed by atoms with E-state index in [1.165, 1.54) is 23.1 Å². The van der Waals surface area contributed by atoms with Crippen molar-refractivity contribution in [3.63, 3.8) is 0 Å². The van der Waals surface area contributed by atoms with Gasteiger partial charge in [-0.15, -0.1) is 22.0 Å². The van der Waals surface area contributed by atoms with Crippen LogP contribution in [-0.2, 0) is 15.0 Å². The second kappa shape index (κ2) is 10.8. The molecule has 0 aromatic heterocycles. The van der Waals surface area contributed by atoms with E-state index >= 15 is 0 Å². The van der Waals surface area contributed by atoms with Crippen molar-refractivity contribution in [2.45, 2.75) is 56.4 Å². The first-order valence-electron chi connectivity index (χ1n) is 14.1. The zero-order valence-electron chi connectivity index (χ0n) is 23.8. The Morgan fingerprint density at radius 1 is 1.02 bits per heavy atom. The topological polar surface area (TPSA) is 136 Å². The first kappa shape index (κ1) is 31.0. The molecule has 2 amide bonds. The number of rotatable bonds is 9. The zero-order chi connectivity index (χ0) is 32.4. The molecule has 0 unspecified atom stereocenters. The van der Waals surface area contributed by atoms with Gasteiger partial charge in [0.1, 0.15) is 35.4 Å². The predicted octanol–water partition coefficient (Wildman–Crippen LogP) is 3.16. The smallest absolute Gasteiger partial charge is 0.492 e. The van der Waals surface area contributed by atoms with Crippen molar-refractivity contribution in [1.29, 1.82) is 0 Å². The van der Waals surface area contributed by atoms with E-state index in [9.17, 15) is 41.8 Å². The highest BCUT2D eigenvalue weighted by Gasteiger charge is 2.60. The molecule has 6 rings (SSSR count). The zero-order valence-corrected chi connectivity index (χ0v) is 23.8. The van der Waals surface area contributed by atoms with Crippen LogP contribution in [0.1, 0.15) is 43.4 Å². The molecule has 2 aromatic carbocycles. The van der Waals surface area contributed by atoms with Crippen LogP contribution in [0, 0.1) is 5.41 Å². The number of carbonyl (C=O) groups is 2. The molecule has 3 aliphatic heterocycles. The summed E-state index contributed by atoms with van der Waals surface area (Å²) in [6.45, 7) is 0.581. The highest BCUT2D eigenvalue weighted by atomic mass is 19.4. The summed E-state index contributed by atoms with van der Waals surface area (Å²) >= 11 is 0. The summed E-state index contributed by atoms with van der Waals surface area (Å²) < 4.78 is 91.3. The lowest BCUT2D eigenvalue weighted by atomic mass is 9.81. The number of alkyl halides is 5. The molecule has 3 heterocycles. The van der Waals surface area contributed by atoms with Gasteiger partial charge in [-0.1, -0.05) is 0 Å². The van der Waals surface area contributed by atoms with Gasteiger partial charge in [0.2, 0.25) is 11.8 Å². The molecule has 3 N–H and O–H groups in total. The third-order valence-corrected chi connectivity index (χ3v) is 8.59. The number of nitrogens with zero attached hydrogens (tertiary/aromatic N) is 1. The average molecular weight is 645 g/mol. The number of aliphatic hydroxyl groups excluding tert-OH is 2. The molecule has 3 atom stereocenters. The van der Waals surface area contributed by atoms with E-state index in [-0.39, 0.29) is 67.9 Å². The van der Waals surface area contributed by atoms with Crippen LogP contribution in [-0.4, -0.2) is 78.6 Å². The lowest BCUT2D eigenvalue weighted by molar-refractivity contribution is -0.286. The van der Waals surface area contributed by atoms with Gasteiger partial charge in [-0.05, 0) is 38.0 Å². The molecule has 45 heavy (non-hydrogen) atoms. The Kier molecular flexibility index (Phi) is 7.42. The summed E-state index contributed by atoms with van der Waals surface area (Å²) in [5, 5.41) is 21.8. The number of amides is 2. The van der Waals surface area contributed by atoms with Crippen molar-refractivity contribution in [1.82, 2.24) is 10.2 Å². The molecule has 11 nitrogen and oxygen atoms in total. The fourth-order valence-electron chi connectivity index (χ4n) is 6.13. The van der Waals surface area contributed by atoms with E-state index in [0.29, 0.717) is 18.4 Å². The molecule has 16 heteroatoms. The molecule has 0 spiro atoms. The standard InChI is InChI=1S/C29H29F5N2O9/c1-26(14-41-20-13-22-21(11-17(20)26)44-29(33,34)45-22)24(39)35-18-12-23(27(4-5-27)25(40)36(6-8-37)7-9-38)42-19-10-15(2-3-16(18)19)43-28(30,31)32/h2-3,10-11,13,18,23,37-38H,4-9,12,14H2,1H3,(H,35,39)/t18-,23-,26+/m1/s1. The number of nitrogens with one attached hydrogen (secondary N) is 1. The maximum atomic E-state index is 13.9. The number of hydrogen-bond donors (Lipinski definition) is 3. The Bertz CT molecular complexity index is 1510. The number of fused-ring (bicyclic) bond motifs is 3. The summed E-state index contributed by atoms with van der Waals surface area (Å²) in [5.41, 5.74) is -1.92. The highest BCUT2D eigenvalue weighted by molar-refractivity contribution is 5.91. The number of halogens is 5. The van der Waals surface area contributed by atoms with Crippen molar-refractivity contribution in [3.8, 4) is 28.7 Å². The van der Waals surface area contributed by atoms with Crippen molar-refractivity contribution in [3.05, 3.63) is 41.5 Å². The number of carbonyl (C=O) groups excluding carboxylic acids is 2. The second-order valence-corrected chi connectivity index (χ2v) is 11.6. The van der Waals surface area contributed by atoms with Gasteiger partial charge in [-0.2, -0.15) is 0 Å². The van der Waals surface area contributed by atoms with E-state index in [1.807, 2.05) is 0 Å². The number of ether oxygens (including phenoxy) is 5. The van der Waals surface area contributed by atoms with Crippen molar-refractivity contribution < 1.29 is 65.4 Å². The van der Waals surface area contributed by atoms with Gasteiger partial charge in [0, 0.05) is 42.8 Å². The van der Waals surface area contributed by atoms with Crippen LogP contribution in [0.4, 0.5) is 22.0 Å². The molecule has 1 fully saturated rings. The van der Waals surface area contributed by atoms with E-state index in [1.54, 1.807) is 6.92 Å². The Labute approximate surface area is 252 Å². The number of benzene rings is 2. The lowest BCUT2D eigenvalue weighted by Gasteiger charge is -2.39. The van der Waals surface area contributed by atoms with Crippen LogP contribution in [0.25, 0.3) is 0 Å². The van der Waals surface area contributed by atoms with Crippen LogP contribution in [0.15, 0.2) is 30.3 Å².